The zero-order valence-electron chi connectivity index (χ0n) is 12.1. The van der Waals surface area contributed by atoms with Crippen molar-refractivity contribution in [3.05, 3.63) is 40.4 Å². The van der Waals surface area contributed by atoms with Crippen molar-refractivity contribution < 1.29 is 0 Å². The molecule has 0 saturated heterocycles. The molecule has 108 valence electrons. The zero-order chi connectivity index (χ0) is 14.0. The van der Waals surface area contributed by atoms with Crippen molar-refractivity contribution in [3.8, 4) is 0 Å². The first-order valence-corrected chi connectivity index (χ1v) is 8.21. The van der Waals surface area contributed by atoms with E-state index in [0.29, 0.717) is 0 Å². The van der Waals surface area contributed by atoms with Gasteiger partial charge in [0.15, 0.2) is 0 Å². The second kappa shape index (κ2) is 3.96. The van der Waals surface area contributed by atoms with Gasteiger partial charge in [-0.25, -0.2) is 4.79 Å². The molecule has 1 N–H and O–H groups in total. The van der Waals surface area contributed by atoms with Crippen LogP contribution < -0.4 is 5.69 Å². The maximum Gasteiger partial charge on any atom is 0.345 e. The minimum atomic E-state index is -0.181. The molecule has 0 amide bonds. The number of aromatic nitrogens is 2. The van der Waals surface area contributed by atoms with E-state index in [9.17, 15) is 4.79 Å². The Hall–Kier alpha value is -1.64. The molecule has 3 nitrogen and oxygen atoms in total. The van der Waals surface area contributed by atoms with Gasteiger partial charge in [0.1, 0.15) is 0 Å². The molecule has 4 bridgehead atoms. The number of fused-ring (bicyclic) bond motifs is 1. The van der Waals surface area contributed by atoms with Crippen LogP contribution >= 0.6 is 0 Å². The van der Waals surface area contributed by atoms with E-state index < -0.39 is 0 Å². The van der Waals surface area contributed by atoms with Crippen molar-refractivity contribution in [2.45, 2.75) is 43.9 Å². The molecule has 4 saturated carbocycles. The first-order valence-electron chi connectivity index (χ1n) is 8.21. The van der Waals surface area contributed by atoms with Crippen molar-refractivity contribution in [1.82, 2.24) is 9.97 Å². The second-order valence-electron chi connectivity index (χ2n) is 7.63. The van der Waals surface area contributed by atoms with E-state index >= 15 is 0 Å². The smallest absolute Gasteiger partial charge is 0.309 e. The number of hydrogen-bond acceptors (Lipinski definition) is 2. The third-order valence-electron chi connectivity index (χ3n) is 6.20. The molecule has 0 atom stereocenters. The molecule has 1 heterocycles. The van der Waals surface area contributed by atoms with Crippen LogP contribution in [0.2, 0.25) is 0 Å². The van der Waals surface area contributed by atoms with E-state index in [2.05, 4.69) is 22.1 Å². The van der Waals surface area contributed by atoms with Crippen LogP contribution in [-0.2, 0) is 5.41 Å². The van der Waals surface area contributed by atoms with Crippen LogP contribution in [0.25, 0.3) is 10.9 Å². The summed E-state index contributed by atoms with van der Waals surface area (Å²) in [6, 6.07) is 8.13. The first kappa shape index (κ1) is 12.0. The van der Waals surface area contributed by atoms with E-state index in [1.807, 2.05) is 12.1 Å². The van der Waals surface area contributed by atoms with E-state index in [1.165, 1.54) is 49.6 Å². The Morgan fingerprint density at radius 3 is 2.29 bits per heavy atom. The molecule has 2 aromatic rings. The van der Waals surface area contributed by atoms with Gasteiger partial charge in [0, 0.05) is 16.5 Å². The van der Waals surface area contributed by atoms with Gasteiger partial charge in [0.05, 0.1) is 5.52 Å². The zero-order valence-corrected chi connectivity index (χ0v) is 12.1. The van der Waals surface area contributed by atoms with E-state index in [1.54, 1.807) is 0 Å². The van der Waals surface area contributed by atoms with Gasteiger partial charge in [0.2, 0.25) is 0 Å². The summed E-state index contributed by atoms with van der Waals surface area (Å²) in [4.78, 5) is 19.3. The summed E-state index contributed by atoms with van der Waals surface area (Å²) in [5.41, 5.74) is 2.08. The predicted molar refractivity (Wildman–Crippen MR) is 82.2 cm³/mol. The van der Waals surface area contributed by atoms with Crippen LogP contribution in [0.3, 0.4) is 0 Å². The van der Waals surface area contributed by atoms with Crippen LogP contribution in [0, 0.1) is 17.8 Å². The fourth-order valence-electron chi connectivity index (χ4n) is 5.93. The van der Waals surface area contributed by atoms with Gasteiger partial charge in [-0.05, 0) is 62.3 Å². The Morgan fingerprint density at radius 1 is 1.00 bits per heavy atom. The summed E-state index contributed by atoms with van der Waals surface area (Å²) >= 11 is 0. The number of benzene rings is 1. The lowest BCUT2D eigenvalue weighted by Gasteiger charge is -2.56. The van der Waals surface area contributed by atoms with Crippen molar-refractivity contribution in [1.29, 1.82) is 0 Å². The lowest BCUT2D eigenvalue weighted by molar-refractivity contribution is -0.00658. The number of aromatic amines is 1. The van der Waals surface area contributed by atoms with E-state index in [-0.39, 0.29) is 11.1 Å². The molecule has 4 aliphatic carbocycles. The molecular formula is C18H20N2O. The Morgan fingerprint density at radius 2 is 1.62 bits per heavy atom. The molecule has 4 aliphatic rings. The Kier molecular flexibility index (Phi) is 2.26. The van der Waals surface area contributed by atoms with Crippen molar-refractivity contribution in [3.63, 3.8) is 0 Å². The number of nitrogens with zero attached hydrogens (tertiary/aromatic N) is 1. The van der Waals surface area contributed by atoms with Crippen LogP contribution in [-0.4, -0.2) is 9.97 Å². The molecule has 0 radical (unpaired) electrons. The predicted octanol–water partition coefficient (Wildman–Crippen LogP) is 3.39. The first-order chi connectivity index (χ1) is 10.2. The second-order valence-corrected chi connectivity index (χ2v) is 7.63. The van der Waals surface area contributed by atoms with E-state index in [0.717, 1.165) is 23.3 Å². The third-order valence-corrected chi connectivity index (χ3v) is 6.20. The molecule has 6 rings (SSSR count). The number of nitrogens with one attached hydrogen (secondary N) is 1. The average Bonchev–Trinajstić information content (AvgIpc) is 2.45. The molecule has 0 aliphatic heterocycles. The Labute approximate surface area is 123 Å². The van der Waals surface area contributed by atoms with Gasteiger partial charge in [-0.15, -0.1) is 0 Å². The highest BCUT2D eigenvalue weighted by Gasteiger charge is 2.52. The lowest BCUT2D eigenvalue weighted by Crippen LogP contribution is -2.49. The topological polar surface area (TPSA) is 45.8 Å². The van der Waals surface area contributed by atoms with Gasteiger partial charge in [-0.2, -0.15) is 4.98 Å². The summed E-state index contributed by atoms with van der Waals surface area (Å²) < 4.78 is 0. The molecule has 1 aromatic heterocycles. The van der Waals surface area contributed by atoms with Crippen molar-refractivity contribution in [2.24, 2.45) is 17.8 Å². The number of H-pyrrole nitrogens is 1. The monoisotopic (exact) mass is 280 g/mol. The standard InChI is InChI=1S/C18H20N2O/c21-17-19-15-4-2-1-3-14(15)16(20-17)18-8-11-5-12(9-18)7-13(6-11)10-18/h1-4,11-13H,5-10H2,(H,19,20,21). The largest absolute Gasteiger partial charge is 0.345 e. The quantitative estimate of drug-likeness (QED) is 0.870. The van der Waals surface area contributed by atoms with Gasteiger partial charge in [-0.1, -0.05) is 18.2 Å². The fourth-order valence-corrected chi connectivity index (χ4v) is 5.93. The highest BCUT2D eigenvalue weighted by atomic mass is 16.1. The van der Waals surface area contributed by atoms with Gasteiger partial charge >= 0.3 is 5.69 Å². The minimum absolute atomic E-state index is 0.181. The highest BCUT2D eigenvalue weighted by molar-refractivity contribution is 5.81. The van der Waals surface area contributed by atoms with E-state index in [4.69, 9.17) is 0 Å². The van der Waals surface area contributed by atoms with Crippen molar-refractivity contribution in [2.75, 3.05) is 0 Å². The number of rotatable bonds is 1. The van der Waals surface area contributed by atoms with Gasteiger partial charge in [-0.3, -0.25) is 0 Å². The van der Waals surface area contributed by atoms with Crippen LogP contribution in [0.15, 0.2) is 29.1 Å². The molecule has 3 heteroatoms. The molecular weight excluding hydrogens is 260 g/mol. The molecule has 0 spiro atoms. The molecule has 0 unspecified atom stereocenters. The number of hydrogen-bond donors (Lipinski definition) is 1. The summed E-state index contributed by atoms with van der Waals surface area (Å²) in [6.45, 7) is 0. The average molecular weight is 280 g/mol. The summed E-state index contributed by atoms with van der Waals surface area (Å²) in [6.07, 6.45) is 8.07. The SMILES string of the molecule is O=c1nc2ccccc2c(C23CC4CC(CC(C4)C2)C3)[nH]1. The maximum atomic E-state index is 12.0. The normalized spacial score (nSPS) is 37.2. The Balaban J connectivity index is 1.75. The van der Waals surface area contributed by atoms with Crippen molar-refractivity contribution >= 4 is 10.9 Å². The van der Waals surface area contributed by atoms with Gasteiger partial charge in [0.25, 0.3) is 0 Å². The summed E-state index contributed by atoms with van der Waals surface area (Å²) in [7, 11) is 0. The fraction of sp³-hybridized carbons (Fsp3) is 0.556. The lowest BCUT2D eigenvalue weighted by atomic mass is 9.48. The van der Waals surface area contributed by atoms with Crippen LogP contribution in [0.4, 0.5) is 0 Å². The summed E-state index contributed by atoms with van der Waals surface area (Å²) in [5, 5.41) is 1.17. The van der Waals surface area contributed by atoms with Crippen LogP contribution in [0.5, 0.6) is 0 Å². The number of para-hydroxylation sites is 1. The highest BCUT2D eigenvalue weighted by Crippen LogP contribution is 2.60. The summed E-state index contributed by atoms with van der Waals surface area (Å²) in [5.74, 6) is 2.64. The molecule has 1 aromatic carbocycles. The Bertz CT molecular complexity index is 741. The maximum absolute atomic E-state index is 12.0. The van der Waals surface area contributed by atoms with Gasteiger partial charge < -0.3 is 4.98 Å². The van der Waals surface area contributed by atoms with Crippen LogP contribution in [0.1, 0.15) is 44.2 Å². The molecule has 21 heavy (non-hydrogen) atoms. The minimum Gasteiger partial charge on any atom is -0.309 e. The molecule has 4 fully saturated rings. The third kappa shape index (κ3) is 1.66.